The van der Waals surface area contributed by atoms with E-state index in [0.29, 0.717) is 23.5 Å². The lowest BCUT2D eigenvalue weighted by molar-refractivity contribution is 0.0783. The molecule has 0 amide bonds. The molecule has 76 valence electrons. The van der Waals surface area contributed by atoms with Gasteiger partial charge < -0.3 is 5.11 Å². The molecule has 1 nitrogen and oxygen atoms in total. The molecule has 0 radical (unpaired) electrons. The summed E-state index contributed by atoms with van der Waals surface area (Å²) in [6.07, 6.45) is 0.416. The molecule has 1 N–H and O–H groups in total. The molecule has 1 aliphatic rings. The first-order valence-corrected chi connectivity index (χ1v) is 6.28. The number of rotatable bonds is 2. The van der Waals surface area contributed by atoms with Crippen LogP contribution in [0.25, 0.3) is 0 Å². The van der Waals surface area contributed by atoms with Gasteiger partial charge in [0, 0.05) is 22.4 Å². The van der Waals surface area contributed by atoms with E-state index in [1.807, 2.05) is 0 Å². The van der Waals surface area contributed by atoms with E-state index in [1.54, 1.807) is 23.9 Å². The van der Waals surface area contributed by atoms with Crippen LogP contribution in [0.5, 0.6) is 0 Å². The van der Waals surface area contributed by atoms with Crippen LogP contribution in [0.3, 0.4) is 0 Å². The Morgan fingerprint density at radius 3 is 2.71 bits per heavy atom. The lowest BCUT2D eigenvalue weighted by atomic mass is 9.97. The summed E-state index contributed by atoms with van der Waals surface area (Å²) in [7, 11) is 0. The van der Waals surface area contributed by atoms with Crippen molar-refractivity contribution in [3.63, 3.8) is 0 Å². The zero-order valence-corrected chi connectivity index (χ0v) is 9.87. The van der Waals surface area contributed by atoms with Gasteiger partial charge in [-0.3, -0.25) is 0 Å². The first kappa shape index (κ1) is 10.5. The highest BCUT2D eigenvalue weighted by Crippen LogP contribution is 2.33. The van der Waals surface area contributed by atoms with E-state index < -0.39 is 5.60 Å². The standard InChI is InChI=1S/C10H10BrFOS/c11-8-2-1-7(9(12)3-8)4-10(13)5-14-6-10/h1-3,13H,4-6H2. The maximum absolute atomic E-state index is 13.4. The van der Waals surface area contributed by atoms with Gasteiger partial charge in [-0.25, -0.2) is 4.39 Å². The second-order valence-electron chi connectivity index (χ2n) is 3.63. The molecule has 1 aromatic carbocycles. The predicted octanol–water partition coefficient (Wildman–Crippen LogP) is 2.61. The Kier molecular flexibility index (Phi) is 2.86. The highest BCUT2D eigenvalue weighted by atomic mass is 79.9. The fraction of sp³-hybridized carbons (Fsp3) is 0.400. The number of hydrogen-bond donors (Lipinski definition) is 1. The van der Waals surface area contributed by atoms with Crippen molar-refractivity contribution in [3.8, 4) is 0 Å². The van der Waals surface area contributed by atoms with Gasteiger partial charge >= 0.3 is 0 Å². The molecule has 1 fully saturated rings. The third kappa shape index (κ3) is 2.12. The summed E-state index contributed by atoms with van der Waals surface area (Å²) >= 11 is 4.89. The molecule has 14 heavy (non-hydrogen) atoms. The van der Waals surface area contributed by atoms with Crippen LogP contribution in [0, 0.1) is 5.82 Å². The van der Waals surface area contributed by atoms with Gasteiger partial charge in [0.25, 0.3) is 0 Å². The zero-order valence-electron chi connectivity index (χ0n) is 7.46. The molecule has 0 bridgehead atoms. The molecule has 0 saturated carbocycles. The number of thioether (sulfide) groups is 1. The maximum atomic E-state index is 13.4. The summed E-state index contributed by atoms with van der Waals surface area (Å²) in [5, 5.41) is 9.86. The van der Waals surface area contributed by atoms with Crippen molar-refractivity contribution in [3.05, 3.63) is 34.1 Å². The Balaban J connectivity index is 2.16. The Hall–Kier alpha value is -0.0600. The molecule has 1 saturated heterocycles. The number of hydrogen-bond acceptors (Lipinski definition) is 2. The fourth-order valence-electron chi connectivity index (χ4n) is 1.46. The van der Waals surface area contributed by atoms with Gasteiger partial charge in [-0.05, 0) is 17.7 Å². The molecule has 0 aromatic heterocycles. The lowest BCUT2D eigenvalue weighted by Gasteiger charge is -2.36. The van der Waals surface area contributed by atoms with Crippen LogP contribution < -0.4 is 0 Å². The first-order chi connectivity index (χ1) is 6.59. The molecule has 1 aromatic rings. The van der Waals surface area contributed by atoms with E-state index >= 15 is 0 Å². The van der Waals surface area contributed by atoms with Crippen molar-refractivity contribution in [2.75, 3.05) is 11.5 Å². The van der Waals surface area contributed by atoms with Crippen molar-refractivity contribution < 1.29 is 9.50 Å². The molecule has 0 aliphatic carbocycles. The fourth-order valence-corrected chi connectivity index (χ4v) is 2.67. The minimum absolute atomic E-state index is 0.246. The van der Waals surface area contributed by atoms with Gasteiger partial charge in [0.05, 0.1) is 5.60 Å². The number of benzene rings is 1. The Labute approximate surface area is 94.8 Å². The highest BCUT2D eigenvalue weighted by Gasteiger charge is 2.35. The van der Waals surface area contributed by atoms with Crippen molar-refractivity contribution in [2.45, 2.75) is 12.0 Å². The average molecular weight is 277 g/mol. The minimum Gasteiger partial charge on any atom is -0.388 e. The largest absolute Gasteiger partial charge is 0.388 e. The van der Waals surface area contributed by atoms with Gasteiger partial charge in [-0.1, -0.05) is 22.0 Å². The van der Waals surface area contributed by atoms with Gasteiger partial charge in [0.2, 0.25) is 0 Å². The van der Waals surface area contributed by atoms with Crippen molar-refractivity contribution in [1.82, 2.24) is 0 Å². The van der Waals surface area contributed by atoms with Gasteiger partial charge in [0.15, 0.2) is 0 Å². The smallest absolute Gasteiger partial charge is 0.127 e. The summed E-state index contributed by atoms with van der Waals surface area (Å²) in [5.41, 5.74) is -0.0877. The quantitative estimate of drug-likeness (QED) is 0.896. The normalized spacial score (nSPS) is 19.1. The summed E-state index contributed by atoms with van der Waals surface area (Å²) < 4.78 is 14.1. The van der Waals surface area contributed by atoms with E-state index in [-0.39, 0.29) is 5.82 Å². The third-order valence-corrected chi connectivity index (χ3v) is 4.25. The summed E-state index contributed by atoms with van der Waals surface area (Å²) in [6.45, 7) is 0. The molecule has 4 heteroatoms. The van der Waals surface area contributed by atoms with E-state index in [2.05, 4.69) is 15.9 Å². The minimum atomic E-state index is -0.681. The van der Waals surface area contributed by atoms with E-state index in [0.717, 1.165) is 4.47 Å². The van der Waals surface area contributed by atoms with E-state index in [4.69, 9.17) is 0 Å². The van der Waals surface area contributed by atoms with Crippen LogP contribution >= 0.6 is 27.7 Å². The van der Waals surface area contributed by atoms with Crippen molar-refractivity contribution in [2.24, 2.45) is 0 Å². The Bertz CT molecular complexity index is 352. The molecular formula is C10H10BrFOS. The Morgan fingerprint density at radius 2 is 2.21 bits per heavy atom. The second kappa shape index (κ2) is 3.83. The second-order valence-corrected chi connectivity index (χ2v) is 5.53. The van der Waals surface area contributed by atoms with Crippen molar-refractivity contribution >= 4 is 27.7 Å². The molecule has 1 aliphatic heterocycles. The van der Waals surface area contributed by atoms with Crippen LogP contribution in [-0.4, -0.2) is 22.2 Å². The maximum Gasteiger partial charge on any atom is 0.127 e. The van der Waals surface area contributed by atoms with E-state index in [9.17, 15) is 9.50 Å². The number of halogens is 2. The SMILES string of the molecule is OC1(Cc2ccc(Br)cc2F)CSC1. The summed E-state index contributed by atoms with van der Waals surface area (Å²) in [4.78, 5) is 0. The predicted molar refractivity (Wildman–Crippen MR) is 60.1 cm³/mol. The third-order valence-electron chi connectivity index (χ3n) is 2.28. The average Bonchev–Trinajstić information content (AvgIpc) is 2.07. The first-order valence-electron chi connectivity index (χ1n) is 4.33. The van der Waals surface area contributed by atoms with Crippen LogP contribution in [0.15, 0.2) is 22.7 Å². The molecule has 0 spiro atoms. The summed E-state index contributed by atoms with van der Waals surface area (Å²) in [6, 6.07) is 4.96. The zero-order chi connectivity index (χ0) is 10.2. The molecule has 2 rings (SSSR count). The van der Waals surface area contributed by atoms with Crippen LogP contribution in [0.4, 0.5) is 4.39 Å². The van der Waals surface area contributed by atoms with Gasteiger partial charge in [0.1, 0.15) is 5.82 Å². The molecule has 1 heterocycles. The van der Waals surface area contributed by atoms with Crippen molar-refractivity contribution in [1.29, 1.82) is 0 Å². The van der Waals surface area contributed by atoms with Crippen LogP contribution in [0.1, 0.15) is 5.56 Å². The molecule has 0 unspecified atom stereocenters. The topological polar surface area (TPSA) is 20.2 Å². The van der Waals surface area contributed by atoms with Gasteiger partial charge in [-0.2, -0.15) is 11.8 Å². The van der Waals surface area contributed by atoms with E-state index in [1.165, 1.54) is 6.07 Å². The van der Waals surface area contributed by atoms with Gasteiger partial charge in [-0.15, -0.1) is 0 Å². The summed E-state index contributed by atoms with van der Waals surface area (Å²) in [5.74, 6) is 1.18. The monoisotopic (exact) mass is 276 g/mol. The number of aliphatic hydroxyl groups is 1. The Morgan fingerprint density at radius 1 is 1.50 bits per heavy atom. The molecular weight excluding hydrogens is 267 g/mol. The van der Waals surface area contributed by atoms with Crippen LogP contribution in [0.2, 0.25) is 0 Å². The van der Waals surface area contributed by atoms with Crippen LogP contribution in [-0.2, 0) is 6.42 Å². The highest BCUT2D eigenvalue weighted by molar-refractivity contribution is 9.10. The molecule has 0 atom stereocenters. The lowest BCUT2D eigenvalue weighted by Crippen LogP contribution is -2.45.